The molecule has 0 N–H and O–H groups in total. The lowest BCUT2D eigenvalue weighted by molar-refractivity contribution is -0.576. The summed E-state index contributed by atoms with van der Waals surface area (Å²) >= 11 is 6.17. The molecule has 3 aromatic rings. The van der Waals surface area contributed by atoms with Gasteiger partial charge in [0, 0.05) is 28.8 Å². The van der Waals surface area contributed by atoms with Crippen LogP contribution in [0.15, 0.2) is 54.9 Å². The van der Waals surface area contributed by atoms with Gasteiger partial charge >= 0.3 is 5.91 Å². The Labute approximate surface area is 209 Å². The number of carbonyl (C=O) groups excluding carboxylic acids is 2. The lowest BCUT2D eigenvalue weighted by Gasteiger charge is -2.29. The van der Waals surface area contributed by atoms with Crippen LogP contribution < -0.4 is 9.67 Å². The maximum absolute atomic E-state index is 13.9. The van der Waals surface area contributed by atoms with Crippen LogP contribution in [0.2, 0.25) is 5.02 Å². The number of aromatic nitrogens is 3. The van der Waals surface area contributed by atoms with Crippen LogP contribution in [0, 0.1) is 0 Å². The van der Waals surface area contributed by atoms with E-state index in [-0.39, 0.29) is 28.8 Å². The summed E-state index contributed by atoms with van der Waals surface area (Å²) in [7, 11) is 0. The van der Waals surface area contributed by atoms with Gasteiger partial charge in [0.25, 0.3) is 11.6 Å². The number of nitrogens with zero attached hydrogens (tertiary/aromatic N) is 4. The van der Waals surface area contributed by atoms with E-state index in [1.165, 1.54) is 9.58 Å². The molecule has 0 spiro atoms. The van der Waals surface area contributed by atoms with E-state index in [2.05, 4.69) is 5.10 Å². The van der Waals surface area contributed by atoms with Gasteiger partial charge in [-0.05, 0) is 43.3 Å². The monoisotopic (exact) mass is 490 g/mol. The van der Waals surface area contributed by atoms with E-state index in [0.717, 1.165) is 38.5 Å². The zero-order valence-corrected chi connectivity index (χ0v) is 20.4. The topological polar surface area (TPSA) is 82.1 Å². The van der Waals surface area contributed by atoms with Gasteiger partial charge < -0.3 is 5.11 Å². The second-order valence-electron chi connectivity index (χ2n) is 9.05. The maximum atomic E-state index is 13.9. The number of carbonyl (C=O) groups is 2. The average molecular weight is 491 g/mol. The molecule has 2 amide bonds. The fourth-order valence-corrected chi connectivity index (χ4v) is 5.29. The van der Waals surface area contributed by atoms with Gasteiger partial charge in [0.05, 0.1) is 11.4 Å². The second-order valence-corrected chi connectivity index (χ2v) is 9.48. The predicted molar refractivity (Wildman–Crippen MR) is 130 cm³/mol. The van der Waals surface area contributed by atoms with Crippen molar-refractivity contribution < 1.29 is 19.3 Å². The van der Waals surface area contributed by atoms with Crippen LogP contribution in [0.3, 0.4) is 0 Å². The van der Waals surface area contributed by atoms with Crippen molar-refractivity contribution in [3.05, 3.63) is 71.1 Å². The summed E-state index contributed by atoms with van der Waals surface area (Å²) < 4.78 is 2.93. The molecule has 0 unspecified atom stereocenters. The Hall–Kier alpha value is -3.45. The zero-order valence-electron chi connectivity index (χ0n) is 19.6. The number of hydrogen-bond acceptors (Lipinski definition) is 4. The maximum Gasteiger partial charge on any atom is 0.327 e. The van der Waals surface area contributed by atoms with E-state index in [4.69, 9.17) is 11.6 Å². The van der Waals surface area contributed by atoms with E-state index < -0.39 is 11.8 Å². The highest BCUT2D eigenvalue weighted by Crippen LogP contribution is 2.39. The number of benzene rings is 1. The quantitative estimate of drug-likeness (QED) is 0.387. The van der Waals surface area contributed by atoms with Crippen molar-refractivity contribution in [2.75, 3.05) is 0 Å². The third kappa shape index (κ3) is 4.14. The van der Waals surface area contributed by atoms with Crippen LogP contribution in [0.4, 0.5) is 0 Å². The van der Waals surface area contributed by atoms with E-state index in [1.54, 1.807) is 53.4 Å². The van der Waals surface area contributed by atoms with Crippen molar-refractivity contribution in [3.63, 3.8) is 0 Å². The molecule has 0 bridgehead atoms. The van der Waals surface area contributed by atoms with Crippen LogP contribution in [-0.4, -0.2) is 32.5 Å². The molecule has 1 saturated carbocycles. The summed E-state index contributed by atoms with van der Waals surface area (Å²) in [6.07, 6.45) is 9.32. The number of rotatable bonds is 6. The lowest BCUT2D eigenvalue weighted by atomic mass is 9.94. The minimum Gasteiger partial charge on any atom is -0.858 e. The smallest absolute Gasteiger partial charge is 0.327 e. The largest absolute Gasteiger partial charge is 0.858 e. The molecule has 7 nitrogen and oxygen atoms in total. The van der Waals surface area contributed by atoms with E-state index in [1.807, 2.05) is 13.0 Å². The normalized spacial score (nSPS) is 17.0. The third-order valence-corrected chi connectivity index (χ3v) is 6.94. The molecule has 1 aliphatic heterocycles. The molecule has 8 heteroatoms. The minimum absolute atomic E-state index is 0.138. The van der Waals surface area contributed by atoms with E-state index in [0.29, 0.717) is 22.8 Å². The molecule has 5 rings (SSSR count). The van der Waals surface area contributed by atoms with Crippen molar-refractivity contribution >= 4 is 34.7 Å². The van der Waals surface area contributed by atoms with Crippen LogP contribution in [0.5, 0.6) is 5.88 Å². The summed E-state index contributed by atoms with van der Waals surface area (Å²) in [5, 5.41) is 18.9. The molecule has 35 heavy (non-hydrogen) atoms. The van der Waals surface area contributed by atoms with Gasteiger partial charge in [0.2, 0.25) is 0 Å². The van der Waals surface area contributed by atoms with Gasteiger partial charge in [-0.15, -0.1) is 0 Å². The predicted octanol–water partition coefficient (Wildman–Crippen LogP) is 3.91. The SMILES string of the molecule is CCCc1nn(-c2cccc(Cl)c2)c([O-])c1C1=C([n+]2ccccc2)C(=O)N(C2CCCCC2)C1=O. The fourth-order valence-electron chi connectivity index (χ4n) is 5.11. The van der Waals surface area contributed by atoms with Gasteiger partial charge in [-0.25, -0.2) is 4.68 Å². The number of aryl methyl sites for hydroxylation is 1. The molecule has 0 atom stereocenters. The minimum atomic E-state index is -0.425. The molecule has 180 valence electrons. The molecule has 2 aromatic heterocycles. The molecule has 2 aliphatic rings. The molecular formula is C27H27ClN4O3. The number of hydrogen-bond donors (Lipinski definition) is 0. The second kappa shape index (κ2) is 9.66. The lowest BCUT2D eigenvalue weighted by Crippen LogP contribution is -2.45. The molecule has 0 radical (unpaired) electrons. The third-order valence-electron chi connectivity index (χ3n) is 6.71. The first kappa shape index (κ1) is 23.3. The van der Waals surface area contributed by atoms with Crippen LogP contribution in [0.1, 0.15) is 56.7 Å². The molecule has 3 heterocycles. The van der Waals surface area contributed by atoms with Crippen LogP contribution in [0.25, 0.3) is 17.0 Å². The Bertz CT molecular complexity index is 1310. The highest BCUT2D eigenvalue weighted by atomic mass is 35.5. The summed E-state index contributed by atoms with van der Waals surface area (Å²) in [4.78, 5) is 29.1. The molecule has 0 saturated heterocycles. The van der Waals surface area contributed by atoms with Crippen molar-refractivity contribution in [1.29, 1.82) is 0 Å². The number of imide groups is 1. The van der Waals surface area contributed by atoms with Crippen molar-refractivity contribution in [2.45, 2.75) is 57.9 Å². The number of amides is 2. The standard InChI is InChI=1S/C27H27ClN4O3/c1-2-10-21-22(26(34)32(29-21)20-14-9-11-18(28)17-20)23-24(30-15-7-4-8-16-30)27(35)31(25(23)33)19-12-5-3-6-13-19/h4,7-9,11,14-17,19H,2-3,5-6,10,12-13H2,1H3. The molecule has 1 fully saturated rings. The molecule has 1 aliphatic carbocycles. The summed E-state index contributed by atoms with van der Waals surface area (Å²) in [6.45, 7) is 1.99. The average Bonchev–Trinajstić information content (AvgIpc) is 3.32. The molecule has 1 aromatic carbocycles. The Balaban J connectivity index is 1.72. The van der Waals surface area contributed by atoms with Gasteiger partial charge in [0.1, 0.15) is 5.57 Å². The van der Waals surface area contributed by atoms with Crippen LogP contribution >= 0.6 is 11.6 Å². The van der Waals surface area contributed by atoms with Crippen molar-refractivity contribution in [2.24, 2.45) is 0 Å². The Morgan fingerprint density at radius 3 is 2.49 bits per heavy atom. The molecular weight excluding hydrogens is 464 g/mol. The first-order valence-electron chi connectivity index (χ1n) is 12.1. The summed E-state index contributed by atoms with van der Waals surface area (Å²) in [6, 6.07) is 12.2. The van der Waals surface area contributed by atoms with Crippen molar-refractivity contribution in [1.82, 2.24) is 14.7 Å². The fraction of sp³-hybridized carbons (Fsp3) is 0.333. The first-order chi connectivity index (χ1) is 17.0. The van der Waals surface area contributed by atoms with Crippen molar-refractivity contribution in [3.8, 4) is 11.6 Å². The highest BCUT2D eigenvalue weighted by molar-refractivity contribution is 6.45. The van der Waals surface area contributed by atoms with E-state index >= 15 is 0 Å². The van der Waals surface area contributed by atoms with Gasteiger partial charge in [-0.2, -0.15) is 9.67 Å². The summed E-state index contributed by atoms with van der Waals surface area (Å²) in [5.41, 5.74) is 1.57. The Kier molecular flexibility index (Phi) is 6.43. The zero-order chi connectivity index (χ0) is 24.5. The highest BCUT2D eigenvalue weighted by Gasteiger charge is 2.49. The van der Waals surface area contributed by atoms with Crippen LogP contribution in [-0.2, 0) is 16.0 Å². The summed E-state index contributed by atoms with van der Waals surface area (Å²) in [5.74, 6) is -1.19. The Morgan fingerprint density at radius 2 is 1.80 bits per heavy atom. The van der Waals surface area contributed by atoms with Gasteiger partial charge in [0.15, 0.2) is 12.4 Å². The van der Waals surface area contributed by atoms with E-state index in [9.17, 15) is 14.7 Å². The Morgan fingerprint density at radius 1 is 1.06 bits per heavy atom. The number of halogens is 1. The van der Waals surface area contributed by atoms with Gasteiger partial charge in [-0.3, -0.25) is 14.5 Å². The first-order valence-corrected chi connectivity index (χ1v) is 12.5. The van der Waals surface area contributed by atoms with Gasteiger partial charge in [-0.1, -0.05) is 56.3 Å². The number of pyridine rings is 1.